The molecular formula is C11H15N3O2S. The summed E-state index contributed by atoms with van der Waals surface area (Å²) in [6, 6.07) is 3.86. The number of hydrazone groups is 1. The molecule has 0 aliphatic rings. The molecule has 17 heavy (non-hydrogen) atoms. The van der Waals surface area contributed by atoms with Gasteiger partial charge in [-0.3, -0.25) is 9.59 Å². The van der Waals surface area contributed by atoms with E-state index in [0.717, 1.165) is 11.3 Å². The number of hydrogen-bond donors (Lipinski definition) is 2. The zero-order chi connectivity index (χ0) is 12.7. The molecule has 1 aromatic heterocycles. The Kier molecular flexibility index (Phi) is 5.35. The molecule has 1 heterocycles. The molecule has 0 aliphatic heterocycles. The van der Waals surface area contributed by atoms with E-state index in [1.165, 1.54) is 11.1 Å². The summed E-state index contributed by atoms with van der Waals surface area (Å²) < 4.78 is 0. The van der Waals surface area contributed by atoms with Crippen LogP contribution in [-0.4, -0.2) is 24.6 Å². The van der Waals surface area contributed by atoms with Gasteiger partial charge in [0.15, 0.2) is 0 Å². The lowest BCUT2D eigenvalue weighted by molar-refractivity contribution is -0.139. The number of rotatable bonds is 4. The minimum atomic E-state index is -0.747. The Morgan fingerprint density at radius 3 is 2.76 bits per heavy atom. The standard InChI is InChI=1S/C11H15N3O2S/c1-3-6-12-10(15)11(16)14-13-7-9-5-4-8(2)17-9/h4-5,7H,3,6H2,1-2H3,(H,12,15)(H,14,16). The van der Waals surface area contributed by atoms with Gasteiger partial charge in [-0.1, -0.05) is 6.92 Å². The van der Waals surface area contributed by atoms with E-state index >= 15 is 0 Å². The van der Waals surface area contributed by atoms with Gasteiger partial charge >= 0.3 is 11.8 Å². The molecule has 1 rings (SSSR count). The van der Waals surface area contributed by atoms with Gasteiger partial charge in [-0.05, 0) is 25.5 Å². The van der Waals surface area contributed by atoms with E-state index in [2.05, 4.69) is 15.8 Å². The first-order valence-corrected chi connectivity index (χ1v) is 6.12. The summed E-state index contributed by atoms with van der Waals surface area (Å²) in [6.07, 6.45) is 2.30. The van der Waals surface area contributed by atoms with Crippen LogP contribution in [0.3, 0.4) is 0 Å². The monoisotopic (exact) mass is 253 g/mol. The molecule has 0 aromatic carbocycles. The van der Waals surface area contributed by atoms with Crippen molar-refractivity contribution in [2.75, 3.05) is 6.54 Å². The van der Waals surface area contributed by atoms with Gasteiger partial charge in [0.1, 0.15) is 0 Å². The number of nitrogens with one attached hydrogen (secondary N) is 2. The van der Waals surface area contributed by atoms with Crippen LogP contribution in [0, 0.1) is 6.92 Å². The molecule has 0 saturated heterocycles. The topological polar surface area (TPSA) is 70.6 Å². The Balaban J connectivity index is 2.37. The predicted octanol–water partition coefficient (Wildman–Crippen LogP) is 1.03. The molecule has 92 valence electrons. The summed E-state index contributed by atoms with van der Waals surface area (Å²) in [5.74, 6) is -1.41. The van der Waals surface area contributed by atoms with Crippen LogP contribution in [-0.2, 0) is 9.59 Å². The first-order valence-electron chi connectivity index (χ1n) is 5.31. The van der Waals surface area contributed by atoms with Crippen molar-refractivity contribution >= 4 is 29.4 Å². The molecule has 0 atom stereocenters. The van der Waals surface area contributed by atoms with E-state index in [4.69, 9.17) is 0 Å². The summed E-state index contributed by atoms with van der Waals surface area (Å²) in [7, 11) is 0. The van der Waals surface area contributed by atoms with Crippen LogP contribution >= 0.6 is 11.3 Å². The van der Waals surface area contributed by atoms with Crippen LogP contribution in [0.25, 0.3) is 0 Å². The molecular weight excluding hydrogens is 238 g/mol. The number of aryl methyl sites for hydroxylation is 1. The molecule has 0 saturated carbocycles. The van der Waals surface area contributed by atoms with E-state index in [1.807, 2.05) is 26.0 Å². The van der Waals surface area contributed by atoms with Gasteiger partial charge in [0.05, 0.1) is 6.21 Å². The lowest BCUT2D eigenvalue weighted by Crippen LogP contribution is -2.38. The Hall–Kier alpha value is -1.69. The van der Waals surface area contributed by atoms with Crippen LogP contribution in [0.1, 0.15) is 23.1 Å². The Morgan fingerprint density at radius 1 is 1.41 bits per heavy atom. The van der Waals surface area contributed by atoms with Crippen molar-refractivity contribution in [2.45, 2.75) is 20.3 Å². The third-order valence-corrected chi connectivity index (χ3v) is 2.80. The Bertz CT molecular complexity index is 426. The second kappa shape index (κ2) is 6.80. The first kappa shape index (κ1) is 13.4. The zero-order valence-electron chi connectivity index (χ0n) is 9.82. The van der Waals surface area contributed by atoms with E-state index in [1.54, 1.807) is 11.3 Å². The van der Waals surface area contributed by atoms with Crippen molar-refractivity contribution in [3.05, 3.63) is 21.9 Å². The first-order chi connectivity index (χ1) is 8.13. The average Bonchev–Trinajstić information content (AvgIpc) is 2.71. The normalized spacial score (nSPS) is 10.5. The maximum absolute atomic E-state index is 11.2. The molecule has 6 heteroatoms. The fourth-order valence-corrected chi connectivity index (χ4v) is 1.80. The van der Waals surface area contributed by atoms with E-state index in [9.17, 15) is 9.59 Å². The molecule has 2 amide bonds. The van der Waals surface area contributed by atoms with Gasteiger partial charge in [-0.2, -0.15) is 5.10 Å². The second-order valence-electron chi connectivity index (χ2n) is 3.40. The Morgan fingerprint density at radius 2 is 2.18 bits per heavy atom. The summed E-state index contributed by atoms with van der Waals surface area (Å²) in [5, 5.41) is 6.17. The van der Waals surface area contributed by atoms with Gasteiger partial charge < -0.3 is 5.32 Å². The van der Waals surface area contributed by atoms with Gasteiger partial charge in [0, 0.05) is 16.3 Å². The van der Waals surface area contributed by atoms with Crippen molar-refractivity contribution in [1.29, 1.82) is 0 Å². The molecule has 0 fully saturated rings. The van der Waals surface area contributed by atoms with Gasteiger partial charge in [-0.15, -0.1) is 11.3 Å². The second-order valence-corrected chi connectivity index (χ2v) is 4.72. The summed E-state index contributed by atoms with van der Waals surface area (Å²) in [4.78, 5) is 24.5. The van der Waals surface area contributed by atoms with E-state index < -0.39 is 11.8 Å². The molecule has 0 aliphatic carbocycles. The smallest absolute Gasteiger partial charge is 0.329 e. The van der Waals surface area contributed by atoms with Crippen LogP contribution in [0.15, 0.2) is 17.2 Å². The SMILES string of the molecule is CCCNC(=O)C(=O)NN=Cc1ccc(C)s1. The minimum absolute atomic E-state index is 0.486. The van der Waals surface area contributed by atoms with Gasteiger partial charge in [-0.25, -0.2) is 5.43 Å². The fraction of sp³-hybridized carbons (Fsp3) is 0.364. The number of amides is 2. The molecule has 0 radical (unpaired) electrons. The van der Waals surface area contributed by atoms with Crippen molar-refractivity contribution in [2.24, 2.45) is 5.10 Å². The summed E-state index contributed by atoms with van der Waals surface area (Å²) in [5.41, 5.74) is 2.17. The number of hydrogen-bond acceptors (Lipinski definition) is 4. The highest BCUT2D eigenvalue weighted by Gasteiger charge is 2.10. The lowest BCUT2D eigenvalue weighted by Gasteiger charge is -2.00. The quantitative estimate of drug-likeness (QED) is 0.478. The van der Waals surface area contributed by atoms with Crippen LogP contribution in [0.4, 0.5) is 0 Å². The van der Waals surface area contributed by atoms with Crippen LogP contribution in [0.5, 0.6) is 0 Å². The molecule has 0 spiro atoms. The number of thiophene rings is 1. The number of nitrogens with zero attached hydrogens (tertiary/aromatic N) is 1. The van der Waals surface area contributed by atoms with Crippen molar-refractivity contribution < 1.29 is 9.59 Å². The zero-order valence-corrected chi connectivity index (χ0v) is 10.6. The number of carbonyl (C=O) groups is 2. The largest absolute Gasteiger partial charge is 0.348 e. The Labute approximate surface area is 104 Å². The highest BCUT2D eigenvalue weighted by atomic mass is 32.1. The third kappa shape index (κ3) is 4.78. The van der Waals surface area contributed by atoms with Crippen LogP contribution in [0.2, 0.25) is 0 Å². The van der Waals surface area contributed by atoms with Crippen molar-refractivity contribution in [1.82, 2.24) is 10.7 Å². The molecule has 1 aromatic rings. The highest BCUT2D eigenvalue weighted by molar-refractivity contribution is 7.13. The lowest BCUT2D eigenvalue weighted by atomic mass is 10.4. The highest BCUT2D eigenvalue weighted by Crippen LogP contribution is 2.12. The molecule has 2 N–H and O–H groups in total. The third-order valence-electron chi connectivity index (χ3n) is 1.86. The van der Waals surface area contributed by atoms with E-state index in [-0.39, 0.29) is 0 Å². The fourth-order valence-electron chi connectivity index (χ4n) is 1.05. The van der Waals surface area contributed by atoms with E-state index in [0.29, 0.717) is 6.54 Å². The molecule has 5 nitrogen and oxygen atoms in total. The molecule has 0 bridgehead atoms. The summed E-state index contributed by atoms with van der Waals surface area (Å²) in [6.45, 7) is 4.38. The average molecular weight is 253 g/mol. The minimum Gasteiger partial charge on any atom is -0.348 e. The van der Waals surface area contributed by atoms with Crippen molar-refractivity contribution in [3.63, 3.8) is 0 Å². The maximum Gasteiger partial charge on any atom is 0.329 e. The van der Waals surface area contributed by atoms with Gasteiger partial charge in [0.25, 0.3) is 0 Å². The number of carbonyl (C=O) groups excluding carboxylic acids is 2. The molecule has 0 unspecified atom stereocenters. The van der Waals surface area contributed by atoms with Crippen LogP contribution < -0.4 is 10.7 Å². The predicted molar refractivity (Wildman–Crippen MR) is 68.1 cm³/mol. The van der Waals surface area contributed by atoms with Crippen molar-refractivity contribution in [3.8, 4) is 0 Å². The summed E-state index contributed by atoms with van der Waals surface area (Å²) >= 11 is 1.56. The van der Waals surface area contributed by atoms with Gasteiger partial charge in [0.2, 0.25) is 0 Å². The maximum atomic E-state index is 11.2.